The van der Waals surface area contributed by atoms with Gasteiger partial charge in [-0.15, -0.1) is 11.8 Å². The van der Waals surface area contributed by atoms with E-state index in [0.29, 0.717) is 37.7 Å². The van der Waals surface area contributed by atoms with Crippen LogP contribution in [0.4, 0.5) is 19.0 Å². The van der Waals surface area contributed by atoms with E-state index >= 15 is 0 Å². The Morgan fingerprint density at radius 2 is 1.97 bits per heavy atom. The van der Waals surface area contributed by atoms with Gasteiger partial charge in [-0.1, -0.05) is 17.7 Å². The Morgan fingerprint density at radius 3 is 2.59 bits per heavy atom. The Morgan fingerprint density at radius 1 is 1.24 bits per heavy atom. The van der Waals surface area contributed by atoms with Crippen LogP contribution < -0.4 is 9.64 Å². The standard InChI is InChI=1S/C19H19ClF3N3O2S/c1-28-14-3-2-4-15(10-14)29-12-17(27)25-5-7-26(8-6-25)18-16(20)9-13(11-24-18)19(21,22)23/h2-4,9-11H,5-8,12H2,1H3. The summed E-state index contributed by atoms with van der Waals surface area (Å²) >= 11 is 7.44. The number of methoxy groups -OCH3 is 1. The molecule has 0 saturated carbocycles. The molecular formula is C19H19ClF3N3O2S. The van der Waals surface area contributed by atoms with Gasteiger partial charge in [0.15, 0.2) is 0 Å². The molecule has 1 saturated heterocycles. The summed E-state index contributed by atoms with van der Waals surface area (Å²) in [7, 11) is 1.59. The number of benzene rings is 1. The molecule has 0 aliphatic carbocycles. The minimum atomic E-state index is -4.49. The number of pyridine rings is 1. The molecule has 1 aliphatic heterocycles. The first-order valence-electron chi connectivity index (χ1n) is 8.80. The zero-order valence-electron chi connectivity index (χ0n) is 15.6. The molecule has 3 rings (SSSR count). The SMILES string of the molecule is COc1cccc(SCC(=O)N2CCN(c3ncc(C(F)(F)F)cc3Cl)CC2)c1. The summed E-state index contributed by atoms with van der Waals surface area (Å²) < 4.78 is 43.4. The number of anilines is 1. The van der Waals surface area contributed by atoms with Gasteiger partial charge in [0.2, 0.25) is 5.91 Å². The molecule has 1 aromatic carbocycles. The van der Waals surface area contributed by atoms with E-state index in [0.717, 1.165) is 22.9 Å². The Hall–Kier alpha value is -2.13. The second kappa shape index (κ2) is 9.13. The normalized spacial score (nSPS) is 14.8. The van der Waals surface area contributed by atoms with Crippen LogP contribution in [0.3, 0.4) is 0 Å². The largest absolute Gasteiger partial charge is 0.497 e. The topological polar surface area (TPSA) is 45.7 Å². The first-order chi connectivity index (χ1) is 13.8. The number of rotatable bonds is 5. The minimum Gasteiger partial charge on any atom is -0.497 e. The maximum Gasteiger partial charge on any atom is 0.417 e. The third kappa shape index (κ3) is 5.48. The van der Waals surface area contributed by atoms with E-state index in [1.807, 2.05) is 24.3 Å². The number of halogens is 4. The van der Waals surface area contributed by atoms with E-state index in [1.165, 1.54) is 11.8 Å². The number of piperazine rings is 1. The summed E-state index contributed by atoms with van der Waals surface area (Å²) in [6, 6.07) is 8.37. The molecule has 2 heterocycles. The summed E-state index contributed by atoms with van der Waals surface area (Å²) in [6.07, 6.45) is -3.70. The number of hydrogen-bond acceptors (Lipinski definition) is 5. The lowest BCUT2D eigenvalue weighted by Crippen LogP contribution is -2.49. The van der Waals surface area contributed by atoms with E-state index in [2.05, 4.69) is 4.98 Å². The number of ether oxygens (including phenoxy) is 1. The lowest BCUT2D eigenvalue weighted by Gasteiger charge is -2.35. The molecule has 5 nitrogen and oxygen atoms in total. The van der Waals surface area contributed by atoms with Crippen molar-refractivity contribution in [1.29, 1.82) is 0 Å². The van der Waals surface area contributed by atoms with Crippen LogP contribution in [0.2, 0.25) is 5.02 Å². The second-order valence-electron chi connectivity index (χ2n) is 6.36. The number of alkyl halides is 3. The fraction of sp³-hybridized carbons (Fsp3) is 0.368. The van der Waals surface area contributed by atoms with Crippen molar-refractivity contribution in [3.63, 3.8) is 0 Å². The molecule has 1 aliphatic rings. The van der Waals surface area contributed by atoms with Crippen LogP contribution in [0, 0.1) is 0 Å². The van der Waals surface area contributed by atoms with Crippen molar-refractivity contribution < 1.29 is 22.7 Å². The maximum absolute atomic E-state index is 12.8. The van der Waals surface area contributed by atoms with Gasteiger partial charge < -0.3 is 14.5 Å². The van der Waals surface area contributed by atoms with E-state index in [4.69, 9.17) is 16.3 Å². The van der Waals surface area contributed by atoms with E-state index in [1.54, 1.807) is 16.9 Å². The fourth-order valence-corrected chi connectivity index (χ4v) is 4.05. The first-order valence-corrected chi connectivity index (χ1v) is 10.2. The zero-order chi connectivity index (χ0) is 21.0. The summed E-state index contributed by atoms with van der Waals surface area (Å²) in [6.45, 7) is 1.81. The molecule has 10 heteroatoms. The van der Waals surface area contributed by atoms with Crippen molar-refractivity contribution in [3.05, 3.63) is 47.1 Å². The lowest BCUT2D eigenvalue weighted by atomic mass is 10.2. The summed E-state index contributed by atoms with van der Waals surface area (Å²) in [5.41, 5.74) is -0.880. The van der Waals surface area contributed by atoms with E-state index < -0.39 is 11.7 Å². The van der Waals surface area contributed by atoms with Crippen molar-refractivity contribution in [2.75, 3.05) is 43.9 Å². The van der Waals surface area contributed by atoms with Gasteiger partial charge in [-0.05, 0) is 24.3 Å². The van der Waals surface area contributed by atoms with Gasteiger partial charge >= 0.3 is 6.18 Å². The van der Waals surface area contributed by atoms with Crippen molar-refractivity contribution in [2.24, 2.45) is 0 Å². The van der Waals surface area contributed by atoms with E-state index in [9.17, 15) is 18.0 Å². The van der Waals surface area contributed by atoms with Crippen LogP contribution in [0.15, 0.2) is 41.4 Å². The molecular weight excluding hydrogens is 427 g/mol. The van der Waals surface area contributed by atoms with Crippen LogP contribution in [-0.4, -0.2) is 54.8 Å². The number of hydrogen-bond donors (Lipinski definition) is 0. The molecule has 29 heavy (non-hydrogen) atoms. The van der Waals surface area contributed by atoms with Crippen LogP contribution >= 0.6 is 23.4 Å². The second-order valence-corrected chi connectivity index (χ2v) is 7.82. The van der Waals surface area contributed by atoms with Gasteiger partial charge in [-0.25, -0.2) is 4.98 Å². The first kappa shape index (κ1) is 21.6. The predicted molar refractivity (Wildman–Crippen MR) is 107 cm³/mol. The highest BCUT2D eigenvalue weighted by molar-refractivity contribution is 8.00. The third-order valence-electron chi connectivity index (χ3n) is 4.48. The summed E-state index contributed by atoms with van der Waals surface area (Å²) in [5.74, 6) is 1.34. The number of amides is 1. The molecule has 1 amide bonds. The van der Waals surface area contributed by atoms with Crippen LogP contribution in [0.25, 0.3) is 0 Å². The molecule has 0 N–H and O–H groups in total. The third-order valence-corrected chi connectivity index (χ3v) is 5.74. The Labute approximate surface area is 175 Å². The summed E-state index contributed by atoms with van der Waals surface area (Å²) in [5, 5.41) is -0.0480. The maximum atomic E-state index is 12.8. The molecule has 0 spiro atoms. The van der Waals surface area contributed by atoms with Crippen molar-refractivity contribution in [2.45, 2.75) is 11.1 Å². The number of nitrogens with zero attached hydrogens (tertiary/aromatic N) is 3. The molecule has 0 radical (unpaired) electrons. The van der Waals surface area contributed by atoms with Gasteiger partial charge in [-0.3, -0.25) is 4.79 Å². The number of carbonyl (C=O) groups excluding carboxylic acids is 1. The van der Waals surface area contributed by atoms with Crippen molar-refractivity contribution in [1.82, 2.24) is 9.88 Å². The summed E-state index contributed by atoms with van der Waals surface area (Å²) in [4.78, 5) is 20.8. The van der Waals surface area contributed by atoms with E-state index in [-0.39, 0.29) is 10.9 Å². The highest BCUT2D eigenvalue weighted by atomic mass is 35.5. The Balaban J connectivity index is 1.54. The molecule has 1 fully saturated rings. The number of aromatic nitrogens is 1. The molecule has 2 aromatic rings. The van der Waals surface area contributed by atoms with Gasteiger partial charge in [0.1, 0.15) is 11.6 Å². The smallest absolute Gasteiger partial charge is 0.417 e. The quantitative estimate of drug-likeness (QED) is 0.645. The number of carbonyl (C=O) groups is 1. The highest BCUT2D eigenvalue weighted by Gasteiger charge is 2.32. The Kier molecular flexibility index (Phi) is 6.79. The van der Waals surface area contributed by atoms with Crippen LogP contribution in [0.5, 0.6) is 5.75 Å². The van der Waals surface area contributed by atoms with Gasteiger partial charge in [0.25, 0.3) is 0 Å². The molecule has 156 valence electrons. The fourth-order valence-electron chi connectivity index (χ4n) is 2.91. The monoisotopic (exact) mass is 445 g/mol. The average molecular weight is 446 g/mol. The highest BCUT2D eigenvalue weighted by Crippen LogP contribution is 2.33. The minimum absolute atomic E-state index is 0.00365. The van der Waals surface area contributed by atoms with Crippen LogP contribution in [-0.2, 0) is 11.0 Å². The van der Waals surface area contributed by atoms with Crippen molar-refractivity contribution >= 4 is 35.1 Å². The van der Waals surface area contributed by atoms with Crippen LogP contribution in [0.1, 0.15) is 5.56 Å². The average Bonchev–Trinajstić information content (AvgIpc) is 2.71. The predicted octanol–water partition coefficient (Wildman–Crippen LogP) is 4.20. The molecule has 0 unspecified atom stereocenters. The van der Waals surface area contributed by atoms with Gasteiger partial charge in [-0.2, -0.15) is 13.2 Å². The van der Waals surface area contributed by atoms with Gasteiger partial charge in [0.05, 0.1) is 23.4 Å². The van der Waals surface area contributed by atoms with Gasteiger partial charge in [0, 0.05) is 37.3 Å². The Bertz CT molecular complexity index is 874. The molecule has 1 aromatic heterocycles. The lowest BCUT2D eigenvalue weighted by molar-refractivity contribution is -0.137. The zero-order valence-corrected chi connectivity index (χ0v) is 17.2. The molecule has 0 bridgehead atoms. The van der Waals surface area contributed by atoms with Crippen molar-refractivity contribution in [3.8, 4) is 5.75 Å². The molecule has 0 atom stereocenters. The number of thioether (sulfide) groups is 1.